The number of nitrogens with zero attached hydrogens (tertiary/aromatic N) is 1. The summed E-state index contributed by atoms with van der Waals surface area (Å²) in [4.78, 5) is 14.2. The summed E-state index contributed by atoms with van der Waals surface area (Å²) in [5.74, 6) is 0.247. The van der Waals surface area contributed by atoms with Crippen LogP contribution in [0.5, 0.6) is 0 Å². The second-order valence-electron chi connectivity index (χ2n) is 9.37. The predicted octanol–water partition coefficient (Wildman–Crippen LogP) is 3.52. The normalized spacial score (nSPS) is 26.2. The number of piperidine rings is 1. The molecule has 2 saturated heterocycles. The van der Waals surface area contributed by atoms with E-state index in [1.54, 1.807) is 0 Å². The monoisotopic (exact) mass is 357 g/mol. The van der Waals surface area contributed by atoms with E-state index in [4.69, 9.17) is 5.73 Å². The van der Waals surface area contributed by atoms with Gasteiger partial charge in [0.15, 0.2) is 0 Å². The molecule has 4 nitrogen and oxygen atoms in total. The standard InChI is InChI=1S/C22H35N3O/c1-22(2,3)15-24-10-5-11-25-19-8-9-20(25)14-18(13-19)16-6-4-7-17(12-16)21(23)26/h4,6-7,12,18-20,24H,5,8-11,13-15H2,1-3H3,(H2,23,26)/t18?,19-,20+. The number of fused-ring (bicyclic) bond motifs is 2. The molecular formula is C22H35N3O. The van der Waals surface area contributed by atoms with Crippen LogP contribution in [-0.2, 0) is 0 Å². The van der Waals surface area contributed by atoms with Crippen molar-refractivity contribution >= 4 is 5.91 Å². The first-order valence-electron chi connectivity index (χ1n) is 10.2. The summed E-state index contributed by atoms with van der Waals surface area (Å²) in [5, 5.41) is 3.60. The lowest BCUT2D eigenvalue weighted by atomic mass is 9.84. The number of carbonyl (C=O) groups excluding carboxylic acids is 1. The Morgan fingerprint density at radius 1 is 1.23 bits per heavy atom. The fourth-order valence-electron chi connectivity index (χ4n) is 4.71. The highest BCUT2D eigenvalue weighted by Crippen LogP contribution is 2.43. The van der Waals surface area contributed by atoms with Crippen LogP contribution in [0.2, 0.25) is 0 Å². The number of rotatable bonds is 7. The van der Waals surface area contributed by atoms with E-state index in [0.717, 1.165) is 13.1 Å². The molecule has 0 radical (unpaired) electrons. The Balaban J connectivity index is 1.51. The molecule has 1 aromatic rings. The Morgan fingerprint density at radius 2 is 1.92 bits per heavy atom. The lowest BCUT2D eigenvalue weighted by Crippen LogP contribution is -2.43. The zero-order valence-electron chi connectivity index (χ0n) is 16.6. The third-order valence-corrected chi connectivity index (χ3v) is 5.95. The minimum Gasteiger partial charge on any atom is -0.366 e. The zero-order valence-corrected chi connectivity index (χ0v) is 16.6. The second kappa shape index (κ2) is 8.10. The van der Waals surface area contributed by atoms with E-state index < -0.39 is 0 Å². The highest BCUT2D eigenvalue weighted by atomic mass is 16.1. The van der Waals surface area contributed by atoms with Gasteiger partial charge < -0.3 is 11.1 Å². The minimum atomic E-state index is -0.324. The maximum Gasteiger partial charge on any atom is 0.248 e. The molecule has 2 aliphatic rings. The van der Waals surface area contributed by atoms with Gasteiger partial charge in [0.1, 0.15) is 0 Å². The summed E-state index contributed by atoms with van der Waals surface area (Å²) in [5.41, 5.74) is 7.75. The van der Waals surface area contributed by atoms with Crippen molar-refractivity contribution in [2.45, 2.75) is 70.9 Å². The number of carbonyl (C=O) groups is 1. The number of nitrogens with two attached hydrogens (primary N) is 1. The van der Waals surface area contributed by atoms with E-state index >= 15 is 0 Å². The first-order chi connectivity index (χ1) is 12.3. The summed E-state index contributed by atoms with van der Waals surface area (Å²) < 4.78 is 0. The molecule has 0 aliphatic carbocycles. The van der Waals surface area contributed by atoms with Gasteiger partial charge in [-0.25, -0.2) is 0 Å². The van der Waals surface area contributed by atoms with Gasteiger partial charge in [0.2, 0.25) is 5.91 Å². The molecule has 2 bridgehead atoms. The van der Waals surface area contributed by atoms with E-state index in [0.29, 0.717) is 29.0 Å². The Labute approximate surface area is 158 Å². The van der Waals surface area contributed by atoms with E-state index in [9.17, 15) is 4.79 Å². The van der Waals surface area contributed by atoms with Gasteiger partial charge in [-0.3, -0.25) is 9.69 Å². The lowest BCUT2D eigenvalue weighted by Gasteiger charge is -2.39. The molecule has 3 rings (SSSR count). The topological polar surface area (TPSA) is 58.4 Å². The number of amides is 1. The predicted molar refractivity (Wildman–Crippen MR) is 107 cm³/mol. The van der Waals surface area contributed by atoms with E-state index in [-0.39, 0.29) is 5.91 Å². The first kappa shape index (κ1) is 19.4. The molecule has 1 aromatic carbocycles. The second-order valence-corrected chi connectivity index (χ2v) is 9.37. The fourth-order valence-corrected chi connectivity index (χ4v) is 4.71. The maximum atomic E-state index is 11.5. The summed E-state index contributed by atoms with van der Waals surface area (Å²) in [6, 6.07) is 9.39. The Kier molecular flexibility index (Phi) is 6.03. The number of hydrogen-bond donors (Lipinski definition) is 2. The molecule has 0 spiro atoms. The molecule has 1 amide bonds. The third-order valence-electron chi connectivity index (χ3n) is 5.95. The molecule has 1 unspecified atom stereocenters. The summed E-state index contributed by atoms with van der Waals surface area (Å²) in [7, 11) is 0. The molecule has 0 aromatic heterocycles. The molecule has 2 aliphatic heterocycles. The van der Waals surface area contributed by atoms with Crippen molar-refractivity contribution in [2.75, 3.05) is 19.6 Å². The molecule has 3 atom stereocenters. The highest BCUT2D eigenvalue weighted by Gasteiger charge is 2.40. The number of benzene rings is 1. The van der Waals surface area contributed by atoms with Crippen LogP contribution in [0, 0.1) is 5.41 Å². The Morgan fingerprint density at radius 3 is 2.54 bits per heavy atom. The van der Waals surface area contributed by atoms with Gasteiger partial charge in [0.25, 0.3) is 0 Å². The van der Waals surface area contributed by atoms with Crippen LogP contribution in [0.1, 0.15) is 74.7 Å². The average Bonchev–Trinajstić information content (AvgIpc) is 2.82. The molecule has 2 heterocycles. The van der Waals surface area contributed by atoms with Crippen molar-refractivity contribution in [2.24, 2.45) is 11.1 Å². The van der Waals surface area contributed by atoms with Gasteiger partial charge in [0, 0.05) is 17.6 Å². The Hall–Kier alpha value is -1.39. The number of nitrogens with one attached hydrogen (secondary N) is 1. The lowest BCUT2D eigenvalue weighted by molar-refractivity contribution is 0.1000. The van der Waals surface area contributed by atoms with Crippen LogP contribution in [0.3, 0.4) is 0 Å². The van der Waals surface area contributed by atoms with Crippen molar-refractivity contribution in [3.8, 4) is 0 Å². The van der Waals surface area contributed by atoms with Gasteiger partial charge in [-0.05, 0) is 80.8 Å². The van der Waals surface area contributed by atoms with E-state index in [1.807, 2.05) is 18.2 Å². The third kappa shape index (κ3) is 4.86. The van der Waals surface area contributed by atoms with Crippen LogP contribution >= 0.6 is 0 Å². The fraction of sp³-hybridized carbons (Fsp3) is 0.682. The van der Waals surface area contributed by atoms with Crippen LogP contribution in [0.25, 0.3) is 0 Å². The zero-order chi connectivity index (χ0) is 18.7. The van der Waals surface area contributed by atoms with Crippen molar-refractivity contribution in [1.82, 2.24) is 10.2 Å². The molecule has 144 valence electrons. The van der Waals surface area contributed by atoms with E-state index in [2.05, 4.69) is 37.1 Å². The molecule has 2 fully saturated rings. The first-order valence-corrected chi connectivity index (χ1v) is 10.2. The van der Waals surface area contributed by atoms with Gasteiger partial charge in [-0.2, -0.15) is 0 Å². The SMILES string of the molecule is CC(C)(C)CNCCCN1[C@@H]2CC[C@H]1CC(c1cccc(C(N)=O)c1)C2. The molecule has 0 saturated carbocycles. The quantitative estimate of drug-likeness (QED) is 0.734. The maximum absolute atomic E-state index is 11.5. The van der Waals surface area contributed by atoms with Gasteiger partial charge in [-0.1, -0.05) is 32.9 Å². The van der Waals surface area contributed by atoms with Crippen molar-refractivity contribution < 1.29 is 4.79 Å². The van der Waals surface area contributed by atoms with Crippen molar-refractivity contribution in [3.05, 3.63) is 35.4 Å². The molecular weight excluding hydrogens is 322 g/mol. The van der Waals surface area contributed by atoms with Crippen molar-refractivity contribution in [3.63, 3.8) is 0 Å². The Bertz CT molecular complexity index is 608. The molecule has 26 heavy (non-hydrogen) atoms. The van der Waals surface area contributed by atoms with Gasteiger partial charge in [0.05, 0.1) is 0 Å². The van der Waals surface area contributed by atoms with Crippen LogP contribution in [0.15, 0.2) is 24.3 Å². The molecule has 3 N–H and O–H groups in total. The summed E-state index contributed by atoms with van der Waals surface area (Å²) in [6.07, 6.45) is 6.31. The number of primary amides is 1. The minimum absolute atomic E-state index is 0.324. The molecule has 4 heteroatoms. The van der Waals surface area contributed by atoms with Crippen LogP contribution in [0.4, 0.5) is 0 Å². The van der Waals surface area contributed by atoms with Gasteiger partial charge >= 0.3 is 0 Å². The average molecular weight is 358 g/mol. The van der Waals surface area contributed by atoms with Crippen molar-refractivity contribution in [1.29, 1.82) is 0 Å². The van der Waals surface area contributed by atoms with Crippen LogP contribution < -0.4 is 11.1 Å². The number of hydrogen-bond acceptors (Lipinski definition) is 3. The smallest absolute Gasteiger partial charge is 0.248 e. The van der Waals surface area contributed by atoms with E-state index in [1.165, 1.54) is 44.2 Å². The van der Waals surface area contributed by atoms with Crippen LogP contribution in [-0.4, -0.2) is 42.5 Å². The van der Waals surface area contributed by atoms with Gasteiger partial charge in [-0.15, -0.1) is 0 Å². The highest BCUT2D eigenvalue weighted by molar-refractivity contribution is 5.92. The largest absolute Gasteiger partial charge is 0.366 e. The summed E-state index contributed by atoms with van der Waals surface area (Å²) >= 11 is 0. The summed E-state index contributed by atoms with van der Waals surface area (Å²) in [6.45, 7) is 10.2.